The highest BCUT2D eigenvalue weighted by molar-refractivity contribution is 5.78. The minimum Gasteiger partial charge on any atom is -0.493 e. The topological polar surface area (TPSA) is 38.8 Å². The molecule has 1 aliphatic rings. The van der Waals surface area contributed by atoms with Gasteiger partial charge < -0.3 is 14.4 Å². The van der Waals surface area contributed by atoms with Crippen molar-refractivity contribution in [3.63, 3.8) is 0 Å². The zero-order valence-corrected chi connectivity index (χ0v) is 12.5. The van der Waals surface area contributed by atoms with Crippen LogP contribution in [-0.4, -0.2) is 36.6 Å². The molecule has 4 heteroatoms. The van der Waals surface area contributed by atoms with Crippen molar-refractivity contribution < 1.29 is 14.3 Å². The van der Waals surface area contributed by atoms with Gasteiger partial charge in [0.1, 0.15) is 0 Å². The standard InChI is InChI=1S/C16H23NO3/c1-12-7-6-8-13(2)17(12)16(18)11-20-15-10-5-4-9-14(15)19-3/h4-5,9-10,12-13H,6-8,11H2,1-3H3/t12-,13+. The van der Waals surface area contributed by atoms with Crippen molar-refractivity contribution >= 4 is 5.91 Å². The smallest absolute Gasteiger partial charge is 0.260 e. The van der Waals surface area contributed by atoms with E-state index in [2.05, 4.69) is 13.8 Å². The molecule has 1 aliphatic heterocycles. The fraction of sp³-hybridized carbons (Fsp3) is 0.562. The molecule has 2 rings (SSSR count). The maximum atomic E-state index is 12.4. The van der Waals surface area contributed by atoms with Crippen LogP contribution in [-0.2, 0) is 4.79 Å². The Morgan fingerprint density at radius 3 is 2.40 bits per heavy atom. The monoisotopic (exact) mass is 277 g/mol. The predicted octanol–water partition coefficient (Wildman–Crippen LogP) is 2.86. The van der Waals surface area contributed by atoms with Crippen LogP contribution in [0.4, 0.5) is 0 Å². The van der Waals surface area contributed by atoms with Crippen LogP contribution in [0.2, 0.25) is 0 Å². The first-order valence-electron chi connectivity index (χ1n) is 7.20. The summed E-state index contributed by atoms with van der Waals surface area (Å²) < 4.78 is 10.8. The molecule has 2 atom stereocenters. The first-order valence-corrected chi connectivity index (χ1v) is 7.20. The highest BCUT2D eigenvalue weighted by Crippen LogP contribution is 2.27. The van der Waals surface area contributed by atoms with Crippen molar-refractivity contribution in [3.8, 4) is 11.5 Å². The second-order valence-electron chi connectivity index (χ2n) is 5.37. The molecular formula is C16H23NO3. The van der Waals surface area contributed by atoms with E-state index < -0.39 is 0 Å². The Kier molecular flexibility index (Phi) is 4.88. The average Bonchev–Trinajstić information content (AvgIpc) is 2.45. The van der Waals surface area contributed by atoms with Crippen LogP contribution in [0.3, 0.4) is 0 Å². The fourth-order valence-electron chi connectivity index (χ4n) is 2.86. The van der Waals surface area contributed by atoms with Gasteiger partial charge in [0.15, 0.2) is 18.1 Å². The molecule has 4 nitrogen and oxygen atoms in total. The van der Waals surface area contributed by atoms with Crippen LogP contribution in [0, 0.1) is 0 Å². The molecule has 0 saturated carbocycles. The van der Waals surface area contributed by atoms with E-state index >= 15 is 0 Å². The first-order chi connectivity index (χ1) is 9.63. The summed E-state index contributed by atoms with van der Waals surface area (Å²) in [6.45, 7) is 4.28. The quantitative estimate of drug-likeness (QED) is 0.849. The summed E-state index contributed by atoms with van der Waals surface area (Å²) >= 11 is 0. The maximum absolute atomic E-state index is 12.4. The molecule has 0 radical (unpaired) electrons. The molecule has 1 heterocycles. The Morgan fingerprint density at radius 1 is 1.20 bits per heavy atom. The molecule has 110 valence electrons. The third-order valence-corrected chi connectivity index (χ3v) is 3.90. The van der Waals surface area contributed by atoms with E-state index in [1.54, 1.807) is 7.11 Å². The molecule has 0 aliphatic carbocycles. The summed E-state index contributed by atoms with van der Waals surface area (Å²) in [4.78, 5) is 14.3. The lowest BCUT2D eigenvalue weighted by Gasteiger charge is -2.39. The van der Waals surface area contributed by atoms with Crippen molar-refractivity contribution in [2.75, 3.05) is 13.7 Å². The lowest BCUT2D eigenvalue weighted by atomic mass is 9.97. The Balaban J connectivity index is 1.97. The number of piperidine rings is 1. The molecule has 0 unspecified atom stereocenters. The second-order valence-corrected chi connectivity index (χ2v) is 5.37. The molecule has 1 aromatic rings. The number of methoxy groups -OCH3 is 1. The van der Waals surface area contributed by atoms with E-state index in [-0.39, 0.29) is 12.5 Å². The SMILES string of the molecule is COc1ccccc1OCC(=O)N1[C@H](C)CCC[C@@H]1C. The predicted molar refractivity (Wildman–Crippen MR) is 78.1 cm³/mol. The maximum Gasteiger partial charge on any atom is 0.260 e. The Bertz CT molecular complexity index is 451. The number of benzene rings is 1. The molecule has 0 spiro atoms. The Hall–Kier alpha value is -1.71. The van der Waals surface area contributed by atoms with E-state index in [4.69, 9.17) is 9.47 Å². The number of hydrogen-bond acceptors (Lipinski definition) is 3. The minimum atomic E-state index is 0.0515. The Morgan fingerprint density at radius 2 is 1.80 bits per heavy atom. The number of amides is 1. The van der Waals surface area contributed by atoms with E-state index in [1.165, 1.54) is 6.42 Å². The van der Waals surface area contributed by atoms with E-state index in [9.17, 15) is 4.79 Å². The molecular weight excluding hydrogens is 254 g/mol. The number of likely N-dealkylation sites (tertiary alicyclic amines) is 1. The highest BCUT2D eigenvalue weighted by atomic mass is 16.5. The van der Waals surface area contributed by atoms with Crippen molar-refractivity contribution in [1.82, 2.24) is 4.90 Å². The molecule has 1 amide bonds. The summed E-state index contributed by atoms with van der Waals surface area (Å²) in [6, 6.07) is 7.98. The van der Waals surface area contributed by atoms with Gasteiger partial charge in [-0.25, -0.2) is 0 Å². The lowest BCUT2D eigenvalue weighted by molar-refractivity contribution is -0.139. The number of hydrogen-bond donors (Lipinski definition) is 0. The van der Waals surface area contributed by atoms with Gasteiger partial charge in [0.25, 0.3) is 5.91 Å². The highest BCUT2D eigenvalue weighted by Gasteiger charge is 2.29. The number of nitrogens with zero attached hydrogens (tertiary/aromatic N) is 1. The summed E-state index contributed by atoms with van der Waals surface area (Å²) in [6.07, 6.45) is 3.34. The molecule has 0 N–H and O–H groups in total. The molecule has 1 aromatic carbocycles. The number of rotatable bonds is 4. The zero-order valence-electron chi connectivity index (χ0n) is 12.5. The van der Waals surface area contributed by atoms with E-state index in [1.807, 2.05) is 29.2 Å². The normalized spacial score (nSPS) is 22.4. The van der Waals surface area contributed by atoms with Crippen LogP contribution < -0.4 is 9.47 Å². The van der Waals surface area contributed by atoms with Crippen molar-refractivity contribution in [1.29, 1.82) is 0 Å². The summed E-state index contributed by atoms with van der Waals surface area (Å²) in [5.41, 5.74) is 0. The van der Waals surface area contributed by atoms with Crippen molar-refractivity contribution in [3.05, 3.63) is 24.3 Å². The van der Waals surface area contributed by atoms with Gasteiger partial charge in [0, 0.05) is 12.1 Å². The molecule has 1 fully saturated rings. The first kappa shape index (κ1) is 14.7. The van der Waals surface area contributed by atoms with Gasteiger partial charge in [-0.15, -0.1) is 0 Å². The van der Waals surface area contributed by atoms with Crippen LogP contribution in [0.1, 0.15) is 33.1 Å². The van der Waals surface area contributed by atoms with Gasteiger partial charge in [-0.2, -0.15) is 0 Å². The summed E-state index contributed by atoms with van der Waals surface area (Å²) in [7, 11) is 1.60. The number of para-hydroxylation sites is 2. The Labute approximate surface area is 120 Å². The molecule has 0 aromatic heterocycles. The fourth-order valence-corrected chi connectivity index (χ4v) is 2.86. The third-order valence-electron chi connectivity index (χ3n) is 3.90. The van der Waals surface area contributed by atoms with Gasteiger partial charge in [-0.1, -0.05) is 12.1 Å². The van der Waals surface area contributed by atoms with Gasteiger partial charge in [-0.05, 0) is 45.2 Å². The van der Waals surface area contributed by atoms with Gasteiger partial charge in [0.2, 0.25) is 0 Å². The average molecular weight is 277 g/mol. The van der Waals surface area contributed by atoms with E-state index in [0.29, 0.717) is 23.6 Å². The summed E-state index contributed by atoms with van der Waals surface area (Å²) in [5, 5.41) is 0. The van der Waals surface area contributed by atoms with Gasteiger partial charge >= 0.3 is 0 Å². The zero-order chi connectivity index (χ0) is 14.5. The van der Waals surface area contributed by atoms with Crippen molar-refractivity contribution in [2.45, 2.75) is 45.2 Å². The number of ether oxygens (including phenoxy) is 2. The number of carbonyl (C=O) groups excluding carboxylic acids is 1. The second kappa shape index (κ2) is 6.64. The third kappa shape index (κ3) is 3.24. The molecule has 1 saturated heterocycles. The van der Waals surface area contributed by atoms with Crippen LogP contribution >= 0.6 is 0 Å². The summed E-state index contributed by atoms with van der Waals surface area (Å²) in [5.74, 6) is 1.32. The molecule has 20 heavy (non-hydrogen) atoms. The minimum absolute atomic E-state index is 0.0515. The van der Waals surface area contributed by atoms with Gasteiger partial charge in [-0.3, -0.25) is 4.79 Å². The van der Waals surface area contributed by atoms with Crippen LogP contribution in [0.15, 0.2) is 24.3 Å². The largest absolute Gasteiger partial charge is 0.493 e. The van der Waals surface area contributed by atoms with Crippen molar-refractivity contribution in [2.24, 2.45) is 0 Å². The van der Waals surface area contributed by atoms with Gasteiger partial charge in [0.05, 0.1) is 7.11 Å². The number of carbonyl (C=O) groups is 1. The van der Waals surface area contributed by atoms with E-state index in [0.717, 1.165) is 12.8 Å². The molecule has 0 bridgehead atoms. The van der Waals surface area contributed by atoms with Crippen LogP contribution in [0.25, 0.3) is 0 Å². The van der Waals surface area contributed by atoms with Crippen LogP contribution in [0.5, 0.6) is 11.5 Å². The lowest BCUT2D eigenvalue weighted by Crippen LogP contribution is -2.49.